The maximum atomic E-state index is 11.7. The lowest BCUT2D eigenvalue weighted by Crippen LogP contribution is -2.04. The number of rotatable bonds is 4. The van der Waals surface area contributed by atoms with E-state index in [1.807, 2.05) is 25.1 Å². The lowest BCUT2D eigenvalue weighted by atomic mass is 10.1. The van der Waals surface area contributed by atoms with Crippen LogP contribution in [0, 0.1) is 6.92 Å². The van der Waals surface area contributed by atoms with Gasteiger partial charge >= 0.3 is 5.63 Å². The molecule has 110 valence electrons. The Hall–Kier alpha value is -2.88. The Balaban J connectivity index is 1.93. The van der Waals surface area contributed by atoms with E-state index in [1.54, 1.807) is 24.3 Å². The standard InChI is InChI=1S/C18H14O4/c1-12-5-6-16-14(9-18(20)22-17(16)7-12)11-21-15-4-2-3-13(8-15)10-19/h2-10H,11H2,1H3. The Morgan fingerprint density at radius 3 is 2.82 bits per heavy atom. The summed E-state index contributed by atoms with van der Waals surface area (Å²) in [6, 6.07) is 14.0. The first-order valence-corrected chi connectivity index (χ1v) is 6.87. The number of aldehydes is 1. The number of ether oxygens (including phenoxy) is 1. The van der Waals surface area contributed by atoms with E-state index in [1.165, 1.54) is 6.07 Å². The Bertz CT molecular complexity index is 893. The molecule has 1 heterocycles. The molecule has 4 heteroatoms. The summed E-state index contributed by atoms with van der Waals surface area (Å²) < 4.78 is 10.9. The van der Waals surface area contributed by atoms with Crippen LogP contribution in [0.15, 0.2) is 57.7 Å². The van der Waals surface area contributed by atoms with Crippen LogP contribution in [-0.2, 0) is 6.61 Å². The third-order valence-electron chi connectivity index (χ3n) is 3.37. The summed E-state index contributed by atoms with van der Waals surface area (Å²) in [6.45, 7) is 2.17. The van der Waals surface area contributed by atoms with E-state index < -0.39 is 5.63 Å². The molecular formula is C18H14O4. The molecule has 0 radical (unpaired) electrons. The predicted octanol–water partition coefficient (Wildman–Crippen LogP) is 3.49. The van der Waals surface area contributed by atoms with E-state index in [2.05, 4.69) is 0 Å². The van der Waals surface area contributed by atoms with Gasteiger partial charge in [0.15, 0.2) is 0 Å². The van der Waals surface area contributed by atoms with Gasteiger partial charge < -0.3 is 9.15 Å². The second-order valence-electron chi connectivity index (χ2n) is 5.07. The zero-order valence-electron chi connectivity index (χ0n) is 12.0. The van der Waals surface area contributed by atoms with E-state index in [4.69, 9.17) is 9.15 Å². The van der Waals surface area contributed by atoms with Crippen molar-refractivity contribution in [1.82, 2.24) is 0 Å². The maximum Gasteiger partial charge on any atom is 0.336 e. The van der Waals surface area contributed by atoms with Crippen molar-refractivity contribution in [2.75, 3.05) is 0 Å². The maximum absolute atomic E-state index is 11.7. The molecule has 0 atom stereocenters. The topological polar surface area (TPSA) is 56.5 Å². The van der Waals surface area contributed by atoms with Crippen LogP contribution in [0.4, 0.5) is 0 Å². The molecule has 3 aromatic rings. The summed E-state index contributed by atoms with van der Waals surface area (Å²) in [4.78, 5) is 22.4. The SMILES string of the molecule is Cc1ccc2c(COc3cccc(C=O)c3)cc(=O)oc2c1. The average Bonchev–Trinajstić information content (AvgIpc) is 2.52. The number of benzene rings is 2. The Kier molecular flexibility index (Phi) is 3.74. The second kappa shape index (κ2) is 5.85. The summed E-state index contributed by atoms with van der Waals surface area (Å²) in [5.41, 5.74) is 2.46. The van der Waals surface area contributed by atoms with Crippen molar-refractivity contribution >= 4 is 17.3 Å². The minimum Gasteiger partial charge on any atom is -0.489 e. The molecule has 0 aliphatic heterocycles. The molecule has 4 nitrogen and oxygen atoms in total. The first-order valence-electron chi connectivity index (χ1n) is 6.87. The quantitative estimate of drug-likeness (QED) is 0.546. The van der Waals surface area contributed by atoms with Crippen LogP contribution in [0.2, 0.25) is 0 Å². The zero-order valence-corrected chi connectivity index (χ0v) is 12.0. The van der Waals surface area contributed by atoms with E-state index in [0.29, 0.717) is 16.9 Å². The van der Waals surface area contributed by atoms with Crippen molar-refractivity contribution in [3.05, 3.63) is 75.6 Å². The van der Waals surface area contributed by atoms with Gasteiger partial charge in [-0.1, -0.05) is 24.3 Å². The number of hydrogen-bond acceptors (Lipinski definition) is 4. The molecule has 2 aromatic carbocycles. The summed E-state index contributed by atoms with van der Waals surface area (Å²) in [6.07, 6.45) is 0.766. The molecule has 0 aliphatic carbocycles. The lowest BCUT2D eigenvalue weighted by Gasteiger charge is -2.09. The van der Waals surface area contributed by atoms with Crippen LogP contribution < -0.4 is 10.4 Å². The molecule has 0 fully saturated rings. The minimum atomic E-state index is -0.404. The van der Waals surface area contributed by atoms with Crippen LogP contribution in [-0.4, -0.2) is 6.29 Å². The molecule has 0 bridgehead atoms. The highest BCUT2D eigenvalue weighted by molar-refractivity contribution is 5.80. The van der Waals surface area contributed by atoms with Gasteiger partial charge in [0.1, 0.15) is 24.2 Å². The average molecular weight is 294 g/mol. The molecule has 0 N–H and O–H groups in total. The van der Waals surface area contributed by atoms with Crippen molar-refractivity contribution in [3.63, 3.8) is 0 Å². The summed E-state index contributed by atoms with van der Waals surface area (Å²) in [5.74, 6) is 0.582. The third kappa shape index (κ3) is 2.91. The van der Waals surface area contributed by atoms with E-state index >= 15 is 0 Å². The number of carbonyl (C=O) groups excluding carboxylic acids is 1. The summed E-state index contributed by atoms with van der Waals surface area (Å²) in [7, 11) is 0. The monoisotopic (exact) mass is 294 g/mol. The molecule has 1 aromatic heterocycles. The Morgan fingerprint density at radius 1 is 1.14 bits per heavy atom. The van der Waals surface area contributed by atoms with Gasteiger partial charge in [-0.15, -0.1) is 0 Å². The molecule has 0 amide bonds. The second-order valence-corrected chi connectivity index (χ2v) is 5.07. The largest absolute Gasteiger partial charge is 0.489 e. The normalized spacial score (nSPS) is 10.6. The van der Waals surface area contributed by atoms with Gasteiger partial charge in [-0.05, 0) is 30.7 Å². The summed E-state index contributed by atoms with van der Waals surface area (Å²) in [5, 5.41) is 0.844. The molecule has 0 saturated heterocycles. The minimum absolute atomic E-state index is 0.230. The van der Waals surface area contributed by atoms with Crippen LogP contribution >= 0.6 is 0 Å². The van der Waals surface area contributed by atoms with Crippen molar-refractivity contribution < 1.29 is 13.9 Å². The van der Waals surface area contributed by atoms with Crippen LogP contribution in [0.25, 0.3) is 11.0 Å². The van der Waals surface area contributed by atoms with Gasteiger partial charge in [0.25, 0.3) is 0 Å². The fourth-order valence-electron chi connectivity index (χ4n) is 2.30. The molecule has 0 spiro atoms. The highest BCUT2D eigenvalue weighted by Gasteiger charge is 2.07. The van der Waals surface area contributed by atoms with Crippen molar-refractivity contribution in [3.8, 4) is 5.75 Å². The van der Waals surface area contributed by atoms with Crippen molar-refractivity contribution in [2.24, 2.45) is 0 Å². The fourth-order valence-corrected chi connectivity index (χ4v) is 2.30. The predicted molar refractivity (Wildman–Crippen MR) is 83.4 cm³/mol. The van der Waals surface area contributed by atoms with Gasteiger partial charge in [0.05, 0.1) is 0 Å². The molecule has 0 unspecified atom stereocenters. The van der Waals surface area contributed by atoms with E-state index in [-0.39, 0.29) is 6.61 Å². The number of fused-ring (bicyclic) bond motifs is 1. The first-order chi connectivity index (χ1) is 10.7. The van der Waals surface area contributed by atoms with Crippen molar-refractivity contribution in [2.45, 2.75) is 13.5 Å². The van der Waals surface area contributed by atoms with Gasteiger partial charge in [-0.2, -0.15) is 0 Å². The van der Waals surface area contributed by atoms with Gasteiger partial charge in [0.2, 0.25) is 0 Å². The first kappa shape index (κ1) is 14.1. The fraction of sp³-hybridized carbons (Fsp3) is 0.111. The van der Waals surface area contributed by atoms with Crippen LogP contribution in [0.1, 0.15) is 21.5 Å². The smallest absolute Gasteiger partial charge is 0.336 e. The third-order valence-corrected chi connectivity index (χ3v) is 3.37. The molecule has 3 rings (SSSR count). The Labute approximate surface area is 127 Å². The molecular weight excluding hydrogens is 280 g/mol. The number of carbonyl (C=O) groups is 1. The zero-order chi connectivity index (χ0) is 15.5. The van der Waals surface area contributed by atoms with Crippen LogP contribution in [0.3, 0.4) is 0 Å². The van der Waals surface area contributed by atoms with Gasteiger partial charge in [-0.3, -0.25) is 4.79 Å². The van der Waals surface area contributed by atoms with E-state index in [0.717, 1.165) is 22.8 Å². The Morgan fingerprint density at radius 2 is 2.00 bits per heavy atom. The van der Waals surface area contributed by atoms with Gasteiger partial charge in [0, 0.05) is 22.6 Å². The molecule has 0 saturated carbocycles. The molecule has 0 aliphatic rings. The highest BCUT2D eigenvalue weighted by atomic mass is 16.5. The van der Waals surface area contributed by atoms with Gasteiger partial charge in [-0.25, -0.2) is 4.79 Å². The van der Waals surface area contributed by atoms with Crippen LogP contribution in [0.5, 0.6) is 5.75 Å². The lowest BCUT2D eigenvalue weighted by molar-refractivity contribution is 0.112. The number of hydrogen-bond donors (Lipinski definition) is 0. The van der Waals surface area contributed by atoms with E-state index in [9.17, 15) is 9.59 Å². The summed E-state index contributed by atoms with van der Waals surface area (Å²) >= 11 is 0. The highest BCUT2D eigenvalue weighted by Crippen LogP contribution is 2.21. The van der Waals surface area contributed by atoms with Crippen molar-refractivity contribution in [1.29, 1.82) is 0 Å². The molecule has 22 heavy (non-hydrogen) atoms. The number of aryl methyl sites for hydroxylation is 1.